The van der Waals surface area contributed by atoms with E-state index in [1.807, 2.05) is 43.3 Å². The topological polar surface area (TPSA) is 43.4 Å². The number of esters is 1. The Morgan fingerprint density at radius 3 is 2.50 bits per heavy atom. The minimum atomic E-state index is -0.534. The molecular weight excluding hydrogens is 228 g/mol. The molecule has 0 amide bonds. The van der Waals surface area contributed by atoms with Crippen LogP contribution in [-0.2, 0) is 19.7 Å². The molecule has 1 aromatic carbocycles. The first-order valence-electron chi connectivity index (χ1n) is 5.89. The highest BCUT2D eigenvalue weighted by Gasteiger charge is 2.23. The lowest BCUT2D eigenvalue weighted by Gasteiger charge is -2.21. The molecule has 3 nitrogen and oxygen atoms in total. The molecule has 0 fully saturated rings. The largest absolute Gasteiger partial charge is 0.462 e. The summed E-state index contributed by atoms with van der Waals surface area (Å²) in [6.07, 6.45) is 5.16. The summed E-state index contributed by atoms with van der Waals surface area (Å²) in [5.74, 6) is -0.305. The number of ether oxygens (including phenoxy) is 1. The van der Waals surface area contributed by atoms with E-state index in [1.54, 1.807) is 6.08 Å². The van der Waals surface area contributed by atoms with Crippen molar-refractivity contribution in [2.24, 2.45) is 0 Å². The van der Waals surface area contributed by atoms with Gasteiger partial charge in [0.15, 0.2) is 0 Å². The Bertz CT molecular complexity index is 423. The summed E-state index contributed by atoms with van der Waals surface area (Å²) in [7, 11) is 0. The van der Waals surface area contributed by atoms with Crippen molar-refractivity contribution in [2.45, 2.75) is 25.7 Å². The van der Waals surface area contributed by atoms with E-state index in [0.29, 0.717) is 6.42 Å². The molecular formula is C15H18O3. The van der Waals surface area contributed by atoms with Gasteiger partial charge in [0.2, 0.25) is 0 Å². The Labute approximate surface area is 107 Å². The maximum Gasteiger partial charge on any atom is 0.302 e. The van der Waals surface area contributed by atoms with E-state index in [2.05, 4.69) is 0 Å². The number of rotatable bonds is 6. The predicted octanol–water partition coefficient (Wildman–Crippen LogP) is 2.65. The SMILES string of the molecule is CC(=O)OC/C=C/CC(C)(C=O)c1ccccc1. The maximum atomic E-state index is 11.3. The molecule has 0 radical (unpaired) electrons. The number of carbonyl (C=O) groups is 2. The van der Waals surface area contributed by atoms with E-state index in [9.17, 15) is 9.59 Å². The van der Waals surface area contributed by atoms with Crippen molar-refractivity contribution < 1.29 is 14.3 Å². The van der Waals surface area contributed by atoms with Crippen molar-refractivity contribution in [1.29, 1.82) is 0 Å². The van der Waals surface area contributed by atoms with Gasteiger partial charge in [0, 0.05) is 6.92 Å². The van der Waals surface area contributed by atoms with Crippen LogP contribution in [0.15, 0.2) is 42.5 Å². The Balaban J connectivity index is 2.61. The van der Waals surface area contributed by atoms with Crippen molar-refractivity contribution in [3.63, 3.8) is 0 Å². The van der Waals surface area contributed by atoms with Crippen LogP contribution in [0.25, 0.3) is 0 Å². The number of hydrogen-bond acceptors (Lipinski definition) is 3. The van der Waals surface area contributed by atoms with Gasteiger partial charge in [-0.2, -0.15) is 0 Å². The Morgan fingerprint density at radius 1 is 1.28 bits per heavy atom. The summed E-state index contributed by atoms with van der Waals surface area (Å²) in [6, 6.07) is 9.63. The lowest BCUT2D eigenvalue weighted by Crippen LogP contribution is -2.22. The predicted molar refractivity (Wildman–Crippen MR) is 70.2 cm³/mol. The first-order chi connectivity index (χ1) is 8.58. The number of aldehydes is 1. The van der Waals surface area contributed by atoms with Crippen molar-refractivity contribution in [1.82, 2.24) is 0 Å². The van der Waals surface area contributed by atoms with Crippen molar-refractivity contribution >= 4 is 12.3 Å². The summed E-state index contributed by atoms with van der Waals surface area (Å²) in [5.41, 5.74) is 0.450. The fourth-order valence-electron chi connectivity index (χ4n) is 1.61. The molecule has 0 spiro atoms. The van der Waals surface area contributed by atoms with Crippen LogP contribution in [0, 0.1) is 0 Å². The molecule has 0 N–H and O–H groups in total. The van der Waals surface area contributed by atoms with Crippen molar-refractivity contribution in [3.05, 3.63) is 48.0 Å². The summed E-state index contributed by atoms with van der Waals surface area (Å²) in [6.45, 7) is 3.51. The fourth-order valence-corrected chi connectivity index (χ4v) is 1.61. The summed E-state index contributed by atoms with van der Waals surface area (Å²) in [5, 5.41) is 0. The molecule has 0 aliphatic rings. The summed E-state index contributed by atoms with van der Waals surface area (Å²) in [4.78, 5) is 21.8. The lowest BCUT2D eigenvalue weighted by atomic mass is 9.81. The van der Waals surface area contributed by atoms with Crippen LogP contribution in [0.4, 0.5) is 0 Å². The van der Waals surface area contributed by atoms with Gasteiger partial charge in [-0.25, -0.2) is 0 Å². The fraction of sp³-hybridized carbons (Fsp3) is 0.333. The molecule has 0 aliphatic heterocycles. The minimum absolute atomic E-state index is 0.249. The van der Waals surface area contributed by atoms with Crippen LogP contribution in [0.5, 0.6) is 0 Å². The molecule has 3 heteroatoms. The highest BCUT2D eigenvalue weighted by molar-refractivity contribution is 5.68. The molecule has 0 heterocycles. The number of carbonyl (C=O) groups excluding carboxylic acids is 2. The maximum absolute atomic E-state index is 11.3. The van der Waals surface area contributed by atoms with Gasteiger partial charge in [0.1, 0.15) is 12.9 Å². The quantitative estimate of drug-likeness (QED) is 0.440. The van der Waals surface area contributed by atoms with E-state index in [0.717, 1.165) is 11.8 Å². The van der Waals surface area contributed by atoms with Gasteiger partial charge in [-0.3, -0.25) is 4.79 Å². The molecule has 96 valence electrons. The van der Waals surface area contributed by atoms with Gasteiger partial charge in [-0.15, -0.1) is 0 Å². The zero-order valence-corrected chi connectivity index (χ0v) is 10.8. The van der Waals surface area contributed by atoms with Gasteiger partial charge in [0.05, 0.1) is 5.41 Å². The Morgan fingerprint density at radius 2 is 1.94 bits per heavy atom. The third-order valence-corrected chi connectivity index (χ3v) is 2.78. The van der Waals surface area contributed by atoms with E-state index >= 15 is 0 Å². The summed E-state index contributed by atoms with van der Waals surface area (Å²) >= 11 is 0. The molecule has 0 bridgehead atoms. The van der Waals surface area contributed by atoms with Crippen LogP contribution < -0.4 is 0 Å². The van der Waals surface area contributed by atoms with E-state index < -0.39 is 5.41 Å². The monoisotopic (exact) mass is 246 g/mol. The average Bonchev–Trinajstić information content (AvgIpc) is 2.38. The smallest absolute Gasteiger partial charge is 0.302 e. The first-order valence-corrected chi connectivity index (χ1v) is 5.89. The molecule has 0 aromatic heterocycles. The number of allylic oxidation sites excluding steroid dienone is 1. The van der Waals surface area contributed by atoms with Crippen LogP contribution in [0.2, 0.25) is 0 Å². The lowest BCUT2D eigenvalue weighted by molar-refractivity contribution is -0.139. The second-order valence-electron chi connectivity index (χ2n) is 4.38. The molecule has 18 heavy (non-hydrogen) atoms. The molecule has 1 atom stereocenters. The number of hydrogen-bond donors (Lipinski definition) is 0. The summed E-state index contributed by atoms with van der Waals surface area (Å²) < 4.78 is 4.78. The molecule has 0 saturated heterocycles. The second-order valence-corrected chi connectivity index (χ2v) is 4.38. The third kappa shape index (κ3) is 4.17. The molecule has 0 aliphatic carbocycles. The van der Waals surface area contributed by atoms with Gasteiger partial charge in [0.25, 0.3) is 0 Å². The van der Waals surface area contributed by atoms with Crippen LogP contribution in [0.3, 0.4) is 0 Å². The molecule has 0 saturated carbocycles. The molecule has 1 rings (SSSR count). The van der Waals surface area contributed by atoms with E-state index in [1.165, 1.54) is 6.92 Å². The van der Waals surface area contributed by atoms with Crippen LogP contribution in [-0.4, -0.2) is 18.9 Å². The Hall–Kier alpha value is -1.90. The van der Waals surface area contributed by atoms with E-state index in [-0.39, 0.29) is 12.6 Å². The number of benzene rings is 1. The van der Waals surface area contributed by atoms with Gasteiger partial charge < -0.3 is 9.53 Å². The standard InChI is InChI=1S/C15H18O3/c1-13(17)18-11-7-6-10-15(2,12-16)14-8-4-3-5-9-14/h3-9,12H,10-11H2,1-2H3/b7-6+. The molecule has 1 unspecified atom stereocenters. The highest BCUT2D eigenvalue weighted by atomic mass is 16.5. The zero-order valence-electron chi connectivity index (χ0n) is 10.8. The Kier molecular flexibility index (Phi) is 5.31. The zero-order chi connectivity index (χ0) is 13.4. The van der Waals surface area contributed by atoms with Crippen LogP contribution in [0.1, 0.15) is 25.8 Å². The first kappa shape index (κ1) is 14.2. The van der Waals surface area contributed by atoms with E-state index in [4.69, 9.17) is 4.74 Å². The van der Waals surface area contributed by atoms with Gasteiger partial charge in [-0.05, 0) is 18.9 Å². The highest BCUT2D eigenvalue weighted by Crippen LogP contribution is 2.25. The van der Waals surface area contributed by atoms with Crippen molar-refractivity contribution in [3.8, 4) is 0 Å². The average molecular weight is 246 g/mol. The van der Waals surface area contributed by atoms with Gasteiger partial charge in [-0.1, -0.05) is 42.5 Å². The minimum Gasteiger partial charge on any atom is -0.462 e. The second kappa shape index (κ2) is 6.74. The van der Waals surface area contributed by atoms with Gasteiger partial charge >= 0.3 is 5.97 Å². The van der Waals surface area contributed by atoms with Crippen LogP contribution >= 0.6 is 0 Å². The third-order valence-electron chi connectivity index (χ3n) is 2.78. The van der Waals surface area contributed by atoms with Crippen molar-refractivity contribution in [2.75, 3.05) is 6.61 Å². The molecule has 1 aromatic rings. The normalized spacial score (nSPS) is 14.1.